The summed E-state index contributed by atoms with van der Waals surface area (Å²) in [5, 5.41) is 3.45. The largest absolute Gasteiger partial charge is 0.385 e. The number of aryl methyl sites for hydroxylation is 1. The molecular weight excluding hydrogens is 146 g/mol. The van der Waals surface area contributed by atoms with E-state index in [1.165, 1.54) is 0 Å². The second kappa shape index (κ2) is 3.92. The van der Waals surface area contributed by atoms with Gasteiger partial charge in [-0.2, -0.15) is 4.98 Å². The molecule has 62 valence electrons. The number of methoxy groups -OCH3 is 1. The van der Waals surface area contributed by atoms with Crippen molar-refractivity contribution in [3.63, 3.8) is 0 Å². The van der Waals surface area contributed by atoms with Crippen LogP contribution in [0.1, 0.15) is 12.3 Å². The molecule has 0 amide bonds. The number of nitrogens with zero attached hydrogens (tertiary/aromatic N) is 2. The minimum absolute atomic E-state index is 0.192. The van der Waals surface area contributed by atoms with Crippen LogP contribution in [0, 0.1) is 0 Å². The van der Waals surface area contributed by atoms with Gasteiger partial charge in [-0.1, -0.05) is 0 Å². The first-order chi connectivity index (χ1) is 5.33. The van der Waals surface area contributed by atoms with Gasteiger partial charge in [0.1, 0.15) is 0 Å². The number of nitrogen functional groups attached to an aromatic ring is 1. The highest BCUT2D eigenvalue weighted by molar-refractivity contribution is 5.10. The number of hydrogen-bond donors (Lipinski definition) is 1. The molecule has 0 unspecified atom stereocenters. The summed E-state index contributed by atoms with van der Waals surface area (Å²) >= 11 is 0. The molecule has 0 saturated carbocycles. The fraction of sp³-hybridized carbons (Fsp3) is 0.667. The Morgan fingerprint density at radius 2 is 2.45 bits per heavy atom. The summed E-state index contributed by atoms with van der Waals surface area (Å²) in [6.07, 6.45) is 1.59. The Bertz CT molecular complexity index is 211. The first kappa shape index (κ1) is 8.00. The molecule has 1 heterocycles. The van der Waals surface area contributed by atoms with Crippen molar-refractivity contribution >= 4 is 5.95 Å². The first-order valence-electron chi connectivity index (χ1n) is 3.40. The number of ether oxygens (including phenoxy) is 1. The van der Waals surface area contributed by atoms with Gasteiger partial charge in [0.15, 0.2) is 0 Å². The number of hydrogen-bond acceptors (Lipinski definition) is 5. The van der Waals surface area contributed by atoms with Gasteiger partial charge < -0.3 is 15.0 Å². The molecule has 0 saturated heterocycles. The summed E-state index contributed by atoms with van der Waals surface area (Å²) in [6, 6.07) is 0. The zero-order valence-corrected chi connectivity index (χ0v) is 6.41. The second-order valence-corrected chi connectivity index (χ2v) is 2.14. The van der Waals surface area contributed by atoms with Crippen molar-refractivity contribution in [3.8, 4) is 0 Å². The van der Waals surface area contributed by atoms with Crippen LogP contribution in [0.5, 0.6) is 0 Å². The summed E-state index contributed by atoms with van der Waals surface area (Å²) in [7, 11) is 1.65. The third-order valence-corrected chi connectivity index (χ3v) is 1.22. The van der Waals surface area contributed by atoms with Crippen LogP contribution in [0.4, 0.5) is 5.95 Å². The van der Waals surface area contributed by atoms with Crippen molar-refractivity contribution in [2.45, 2.75) is 12.8 Å². The average Bonchev–Trinajstić information content (AvgIpc) is 2.37. The van der Waals surface area contributed by atoms with Gasteiger partial charge in [0, 0.05) is 20.1 Å². The lowest BCUT2D eigenvalue weighted by atomic mass is 10.3. The topological polar surface area (TPSA) is 74.2 Å². The van der Waals surface area contributed by atoms with Gasteiger partial charge >= 0.3 is 0 Å². The lowest BCUT2D eigenvalue weighted by molar-refractivity contribution is 0.192. The number of nitrogens with two attached hydrogens (primary N) is 1. The van der Waals surface area contributed by atoms with E-state index < -0.39 is 0 Å². The van der Waals surface area contributed by atoms with Gasteiger partial charge in [-0.3, -0.25) is 0 Å². The van der Waals surface area contributed by atoms with Crippen LogP contribution in [0.25, 0.3) is 0 Å². The molecule has 1 rings (SSSR count). The molecule has 0 bridgehead atoms. The van der Waals surface area contributed by atoms with E-state index in [4.69, 9.17) is 15.0 Å². The van der Waals surface area contributed by atoms with E-state index in [-0.39, 0.29) is 5.95 Å². The standard InChI is InChI=1S/C6H11N3O2/c1-10-4-2-3-5-8-6(7)9-11-5/h2-4H2,1H3,(H2,7,9). The highest BCUT2D eigenvalue weighted by Crippen LogP contribution is 2.00. The fourth-order valence-electron chi connectivity index (χ4n) is 0.737. The molecule has 1 aromatic rings. The maximum absolute atomic E-state index is 5.24. The van der Waals surface area contributed by atoms with Gasteiger partial charge in [0.05, 0.1) is 0 Å². The van der Waals surface area contributed by atoms with Crippen LogP contribution >= 0.6 is 0 Å². The second-order valence-electron chi connectivity index (χ2n) is 2.14. The number of rotatable bonds is 4. The third-order valence-electron chi connectivity index (χ3n) is 1.22. The summed E-state index contributed by atoms with van der Waals surface area (Å²) in [5.74, 6) is 0.761. The van der Waals surface area contributed by atoms with E-state index in [1.54, 1.807) is 7.11 Å². The van der Waals surface area contributed by atoms with E-state index in [0.29, 0.717) is 12.5 Å². The summed E-state index contributed by atoms with van der Waals surface area (Å²) in [4.78, 5) is 3.83. The van der Waals surface area contributed by atoms with E-state index in [2.05, 4.69) is 10.1 Å². The lowest BCUT2D eigenvalue weighted by Crippen LogP contribution is -1.93. The molecule has 0 aliphatic carbocycles. The van der Waals surface area contributed by atoms with Crippen LogP contribution in [0.2, 0.25) is 0 Å². The number of aromatic nitrogens is 2. The van der Waals surface area contributed by atoms with Crippen LogP contribution in [0.3, 0.4) is 0 Å². The SMILES string of the molecule is COCCCc1nc(N)no1. The van der Waals surface area contributed by atoms with Crippen molar-refractivity contribution in [3.05, 3.63) is 5.89 Å². The normalized spacial score (nSPS) is 10.3. The van der Waals surface area contributed by atoms with E-state index in [0.717, 1.165) is 12.8 Å². The first-order valence-corrected chi connectivity index (χ1v) is 3.40. The van der Waals surface area contributed by atoms with E-state index in [1.807, 2.05) is 0 Å². The van der Waals surface area contributed by atoms with Crippen molar-refractivity contribution in [1.82, 2.24) is 10.1 Å². The Balaban J connectivity index is 2.27. The maximum Gasteiger partial charge on any atom is 0.260 e. The quantitative estimate of drug-likeness (QED) is 0.633. The van der Waals surface area contributed by atoms with E-state index >= 15 is 0 Å². The average molecular weight is 157 g/mol. The highest BCUT2D eigenvalue weighted by atomic mass is 16.5. The van der Waals surface area contributed by atoms with Crippen molar-refractivity contribution < 1.29 is 9.26 Å². The van der Waals surface area contributed by atoms with Crippen LogP contribution in [0.15, 0.2) is 4.52 Å². The molecule has 0 aliphatic heterocycles. The molecule has 5 nitrogen and oxygen atoms in total. The van der Waals surface area contributed by atoms with Crippen molar-refractivity contribution in [2.24, 2.45) is 0 Å². The highest BCUT2D eigenvalue weighted by Gasteiger charge is 2.01. The van der Waals surface area contributed by atoms with E-state index in [9.17, 15) is 0 Å². The molecule has 0 fully saturated rings. The van der Waals surface area contributed by atoms with Crippen LogP contribution in [-0.2, 0) is 11.2 Å². The summed E-state index contributed by atoms with van der Waals surface area (Å²) in [6.45, 7) is 0.697. The predicted molar refractivity (Wildman–Crippen MR) is 38.9 cm³/mol. The van der Waals surface area contributed by atoms with Gasteiger partial charge in [0.2, 0.25) is 5.89 Å². The summed E-state index contributed by atoms with van der Waals surface area (Å²) < 4.78 is 9.62. The number of anilines is 1. The van der Waals surface area contributed by atoms with Gasteiger partial charge in [-0.05, 0) is 11.6 Å². The monoisotopic (exact) mass is 157 g/mol. The summed E-state index contributed by atoms with van der Waals surface area (Å²) in [5.41, 5.74) is 5.24. The molecular formula is C6H11N3O2. The third kappa shape index (κ3) is 2.55. The van der Waals surface area contributed by atoms with Crippen molar-refractivity contribution in [1.29, 1.82) is 0 Å². The zero-order valence-electron chi connectivity index (χ0n) is 6.41. The fourth-order valence-corrected chi connectivity index (χ4v) is 0.737. The minimum atomic E-state index is 0.192. The molecule has 0 radical (unpaired) electrons. The minimum Gasteiger partial charge on any atom is -0.385 e. The Morgan fingerprint density at radius 1 is 1.64 bits per heavy atom. The zero-order chi connectivity index (χ0) is 8.10. The lowest BCUT2D eigenvalue weighted by Gasteiger charge is -1.92. The van der Waals surface area contributed by atoms with Gasteiger partial charge in [-0.15, -0.1) is 0 Å². The van der Waals surface area contributed by atoms with Crippen LogP contribution < -0.4 is 5.73 Å². The molecule has 0 aromatic carbocycles. The molecule has 0 spiro atoms. The van der Waals surface area contributed by atoms with Gasteiger partial charge in [0.25, 0.3) is 5.95 Å². The Kier molecular flexibility index (Phi) is 2.85. The Labute approximate surface area is 64.5 Å². The molecule has 1 aromatic heterocycles. The molecule has 5 heteroatoms. The molecule has 2 N–H and O–H groups in total. The van der Waals surface area contributed by atoms with Crippen molar-refractivity contribution in [2.75, 3.05) is 19.5 Å². The van der Waals surface area contributed by atoms with Gasteiger partial charge in [-0.25, -0.2) is 0 Å². The Hall–Kier alpha value is -1.10. The molecule has 0 atom stereocenters. The van der Waals surface area contributed by atoms with Crippen LogP contribution in [-0.4, -0.2) is 23.9 Å². The Morgan fingerprint density at radius 3 is 3.00 bits per heavy atom. The maximum atomic E-state index is 5.24. The predicted octanol–water partition coefficient (Wildman–Crippen LogP) is 0.231. The molecule has 0 aliphatic rings. The molecule has 11 heavy (non-hydrogen) atoms. The smallest absolute Gasteiger partial charge is 0.260 e.